The van der Waals surface area contributed by atoms with Crippen LogP contribution >= 0.6 is 15.9 Å². The molecule has 1 aromatic rings. The van der Waals surface area contributed by atoms with Gasteiger partial charge in [-0.1, -0.05) is 24.3 Å². The molecule has 0 unspecified atom stereocenters. The zero-order valence-corrected chi connectivity index (χ0v) is 13.8. The maximum atomic E-state index is 11.8. The van der Waals surface area contributed by atoms with Gasteiger partial charge >= 0.3 is 0 Å². The lowest BCUT2D eigenvalue weighted by atomic mass is 10.1. The Morgan fingerprint density at radius 3 is 2.64 bits per heavy atom. The SMILES string of the molecule is CN=C(Br)C=C(N)C(=O)NCc1ccc(C2OCCO2)cc1. The quantitative estimate of drug-likeness (QED) is 0.611. The lowest BCUT2D eigenvalue weighted by Crippen LogP contribution is -2.28. The van der Waals surface area contributed by atoms with Gasteiger partial charge in [0.05, 0.1) is 18.9 Å². The Morgan fingerprint density at radius 2 is 2.05 bits per heavy atom. The number of hydrogen-bond acceptors (Lipinski definition) is 5. The summed E-state index contributed by atoms with van der Waals surface area (Å²) in [7, 11) is 1.60. The van der Waals surface area contributed by atoms with Crippen LogP contribution in [0.4, 0.5) is 0 Å². The highest BCUT2D eigenvalue weighted by Gasteiger charge is 2.17. The third-order valence-electron chi connectivity index (χ3n) is 3.08. The fraction of sp³-hybridized carbons (Fsp3) is 0.333. The topological polar surface area (TPSA) is 85.9 Å². The van der Waals surface area contributed by atoms with E-state index in [2.05, 4.69) is 26.2 Å². The zero-order chi connectivity index (χ0) is 15.9. The molecule has 0 radical (unpaired) electrons. The number of benzene rings is 1. The maximum absolute atomic E-state index is 11.8. The van der Waals surface area contributed by atoms with Gasteiger partial charge in [0.1, 0.15) is 4.62 Å². The molecule has 6 nitrogen and oxygen atoms in total. The van der Waals surface area contributed by atoms with Gasteiger partial charge in [-0.2, -0.15) is 0 Å². The van der Waals surface area contributed by atoms with E-state index in [-0.39, 0.29) is 17.9 Å². The Kier molecular flexibility index (Phi) is 6.11. The molecule has 0 saturated carbocycles. The fourth-order valence-corrected chi connectivity index (χ4v) is 2.13. The van der Waals surface area contributed by atoms with Gasteiger partial charge in [-0.05, 0) is 27.6 Å². The molecule has 22 heavy (non-hydrogen) atoms. The molecule has 2 rings (SSSR count). The van der Waals surface area contributed by atoms with Crippen LogP contribution in [-0.2, 0) is 20.8 Å². The van der Waals surface area contributed by atoms with Crippen LogP contribution in [0.1, 0.15) is 17.4 Å². The van der Waals surface area contributed by atoms with Crippen molar-refractivity contribution in [2.45, 2.75) is 12.8 Å². The summed E-state index contributed by atoms with van der Waals surface area (Å²) in [5.41, 5.74) is 7.70. The lowest BCUT2D eigenvalue weighted by Gasteiger charge is -2.10. The normalized spacial score (nSPS) is 16.8. The van der Waals surface area contributed by atoms with Crippen LogP contribution in [0.3, 0.4) is 0 Å². The smallest absolute Gasteiger partial charge is 0.267 e. The minimum absolute atomic E-state index is 0.0989. The van der Waals surface area contributed by atoms with Crippen LogP contribution in [-0.4, -0.2) is 30.8 Å². The van der Waals surface area contributed by atoms with E-state index >= 15 is 0 Å². The third kappa shape index (κ3) is 4.66. The Balaban J connectivity index is 1.88. The number of amides is 1. The van der Waals surface area contributed by atoms with Gasteiger partial charge in [0.25, 0.3) is 5.91 Å². The highest BCUT2D eigenvalue weighted by Crippen LogP contribution is 2.23. The second-order valence-corrected chi connectivity index (χ2v) is 5.46. The number of carbonyl (C=O) groups is 1. The van der Waals surface area contributed by atoms with Crippen molar-refractivity contribution >= 4 is 26.5 Å². The highest BCUT2D eigenvalue weighted by molar-refractivity contribution is 9.18. The third-order valence-corrected chi connectivity index (χ3v) is 3.66. The van der Waals surface area contributed by atoms with Gasteiger partial charge in [-0.25, -0.2) is 0 Å². The Hall–Kier alpha value is -1.70. The van der Waals surface area contributed by atoms with Crippen LogP contribution in [0.25, 0.3) is 0 Å². The molecule has 118 valence electrons. The Bertz CT molecular complexity index is 578. The first kappa shape index (κ1) is 16.7. The van der Waals surface area contributed by atoms with E-state index in [1.165, 1.54) is 6.08 Å². The summed E-state index contributed by atoms with van der Waals surface area (Å²) < 4.78 is 11.4. The fourth-order valence-electron chi connectivity index (χ4n) is 1.89. The van der Waals surface area contributed by atoms with Crippen molar-refractivity contribution in [3.63, 3.8) is 0 Å². The van der Waals surface area contributed by atoms with Gasteiger partial charge in [0.2, 0.25) is 0 Å². The molecule has 1 aromatic carbocycles. The van der Waals surface area contributed by atoms with Crippen molar-refractivity contribution in [1.82, 2.24) is 5.32 Å². The average molecular weight is 368 g/mol. The standard InChI is InChI=1S/C15H18BrN3O3/c1-18-13(16)8-12(17)14(20)19-9-10-2-4-11(5-3-10)15-21-6-7-22-15/h2-5,8,15H,6-7,9,17H2,1H3,(H,19,20). The molecule has 1 amide bonds. The van der Waals surface area contributed by atoms with E-state index in [1.807, 2.05) is 24.3 Å². The van der Waals surface area contributed by atoms with Crippen LogP contribution in [0, 0.1) is 0 Å². The van der Waals surface area contributed by atoms with E-state index < -0.39 is 0 Å². The minimum atomic E-state index is -0.341. The summed E-state index contributed by atoms with van der Waals surface area (Å²) in [6, 6.07) is 7.70. The largest absolute Gasteiger partial charge is 0.394 e. The van der Waals surface area contributed by atoms with Crippen molar-refractivity contribution in [2.24, 2.45) is 10.7 Å². The summed E-state index contributed by atoms with van der Waals surface area (Å²) in [6.07, 6.45) is 1.18. The van der Waals surface area contributed by atoms with E-state index in [1.54, 1.807) is 7.05 Å². The van der Waals surface area contributed by atoms with Gasteiger partial charge in [0.15, 0.2) is 6.29 Å². The Morgan fingerprint density at radius 1 is 1.41 bits per heavy atom. The monoisotopic (exact) mass is 367 g/mol. The van der Waals surface area contributed by atoms with Crippen molar-refractivity contribution in [3.8, 4) is 0 Å². The van der Waals surface area contributed by atoms with Crippen molar-refractivity contribution < 1.29 is 14.3 Å². The molecule has 0 bridgehead atoms. The number of allylic oxidation sites excluding steroid dienone is 1. The van der Waals surface area contributed by atoms with E-state index in [9.17, 15) is 4.79 Å². The molecule has 1 fully saturated rings. The lowest BCUT2D eigenvalue weighted by molar-refractivity contribution is -0.117. The number of rotatable bonds is 5. The molecule has 0 spiro atoms. The molecule has 1 heterocycles. The maximum Gasteiger partial charge on any atom is 0.267 e. The second-order valence-electron chi connectivity index (χ2n) is 4.64. The number of aliphatic imine (C=N–C) groups is 1. The van der Waals surface area contributed by atoms with Crippen LogP contribution in [0.15, 0.2) is 41.0 Å². The predicted molar refractivity (Wildman–Crippen MR) is 87.5 cm³/mol. The number of nitrogens with zero attached hydrogens (tertiary/aromatic N) is 1. The average Bonchev–Trinajstić information content (AvgIpc) is 3.07. The van der Waals surface area contributed by atoms with Gasteiger partial charge in [0, 0.05) is 19.2 Å². The summed E-state index contributed by atoms with van der Waals surface area (Å²) in [5, 5.41) is 2.75. The van der Waals surface area contributed by atoms with E-state index in [0.717, 1.165) is 11.1 Å². The number of hydrogen-bond donors (Lipinski definition) is 2. The highest BCUT2D eigenvalue weighted by atomic mass is 79.9. The first-order valence-corrected chi connectivity index (χ1v) is 7.59. The molecule has 7 heteroatoms. The Labute approximate surface area is 137 Å². The number of halogens is 1. The van der Waals surface area contributed by atoms with Crippen LogP contribution in [0.5, 0.6) is 0 Å². The molecule has 1 aliphatic rings. The van der Waals surface area contributed by atoms with Gasteiger partial charge in [-0.15, -0.1) is 0 Å². The number of carbonyl (C=O) groups excluding carboxylic acids is 1. The molecule has 0 atom stereocenters. The van der Waals surface area contributed by atoms with Crippen LogP contribution < -0.4 is 11.1 Å². The summed E-state index contributed by atoms with van der Waals surface area (Å²) in [5.74, 6) is -0.341. The van der Waals surface area contributed by atoms with Crippen molar-refractivity contribution in [3.05, 3.63) is 47.2 Å². The van der Waals surface area contributed by atoms with E-state index in [0.29, 0.717) is 24.4 Å². The molecule has 1 saturated heterocycles. The molecular formula is C15H18BrN3O3. The molecule has 3 N–H and O–H groups in total. The van der Waals surface area contributed by atoms with E-state index in [4.69, 9.17) is 15.2 Å². The first-order chi connectivity index (χ1) is 10.6. The number of nitrogens with two attached hydrogens (primary N) is 1. The molecule has 1 aliphatic heterocycles. The summed E-state index contributed by atoms with van der Waals surface area (Å²) >= 11 is 3.17. The predicted octanol–water partition coefficient (Wildman–Crippen LogP) is 1.61. The molecule has 0 aromatic heterocycles. The summed E-state index contributed by atoms with van der Waals surface area (Å²) in [4.78, 5) is 15.7. The molecule has 0 aliphatic carbocycles. The van der Waals surface area contributed by atoms with Crippen LogP contribution in [0.2, 0.25) is 0 Å². The summed E-state index contributed by atoms with van der Waals surface area (Å²) in [6.45, 7) is 1.62. The molecular weight excluding hydrogens is 350 g/mol. The second kappa shape index (κ2) is 8.07. The first-order valence-electron chi connectivity index (χ1n) is 6.80. The van der Waals surface area contributed by atoms with Crippen molar-refractivity contribution in [1.29, 1.82) is 0 Å². The van der Waals surface area contributed by atoms with Crippen molar-refractivity contribution in [2.75, 3.05) is 20.3 Å². The van der Waals surface area contributed by atoms with Gasteiger partial charge < -0.3 is 20.5 Å². The zero-order valence-electron chi connectivity index (χ0n) is 12.2. The number of nitrogens with one attached hydrogen (secondary N) is 1. The number of ether oxygens (including phenoxy) is 2. The van der Waals surface area contributed by atoms with Gasteiger partial charge in [-0.3, -0.25) is 9.79 Å². The minimum Gasteiger partial charge on any atom is -0.394 e.